The van der Waals surface area contributed by atoms with Gasteiger partial charge in [0.25, 0.3) is 0 Å². The minimum Gasteiger partial charge on any atom is -0.462 e. The Morgan fingerprint density at radius 3 is 2.46 bits per heavy atom. The first-order valence-corrected chi connectivity index (χ1v) is 8.68. The van der Waals surface area contributed by atoms with Gasteiger partial charge in [-0.1, -0.05) is 13.8 Å². The maximum absolute atomic E-state index is 12.7. The number of nitrogens with zero attached hydrogens (tertiary/aromatic N) is 1. The Morgan fingerprint density at radius 1 is 1.12 bits per heavy atom. The molecule has 5 heteroatoms. The monoisotopic (exact) mass is 329 g/mol. The lowest BCUT2D eigenvalue weighted by atomic mass is 9.76. The summed E-state index contributed by atoms with van der Waals surface area (Å²) in [5, 5.41) is 0. The minimum absolute atomic E-state index is 0.0989. The Morgan fingerprint density at radius 2 is 1.79 bits per heavy atom. The van der Waals surface area contributed by atoms with Crippen molar-refractivity contribution in [2.75, 3.05) is 11.5 Å². The fraction of sp³-hybridized carbons (Fsp3) is 0.526. The Balaban J connectivity index is 1.78. The fourth-order valence-corrected chi connectivity index (χ4v) is 3.67. The molecule has 3 atom stereocenters. The normalized spacial score (nSPS) is 26.4. The first-order chi connectivity index (χ1) is 11.5. The predicted molar refractivity (Wildman–Crippen MR) is 89.5 cm³/mol. The van der Waals surface area contributed by atoms with Crippen LogP contribution >= 0.6 is 0 Å². The van der Waals surface area contributed by atoms with Gasteiger partial charge in [-0.15, -0.1) is 0 Å². The Kier molecular flexibility index (Phi) is 4.69. The smallest absolute Gasteiger partial charge is 0.338 e. The largest absolute Gasteiger partial charge is 0.462 e. The number of carbonyl (C=O) groups is 3. The maximum atomic E-state index is 12.7. The number of esters is 1. The second kappa shape index (κ2) is 6.75. The van der Waals surface area contributed by atoms with Crippen LogP contribution in [0.25, 0.3) is 0 Å². The van der Waals surface area contributed by atoms with Crippen molar-refractivity contribution in [2.45, 2.75) is 39.5 Å². The van der Waals surface area contributed by atoms with Crippen molar-refractivity contribution in [1.29, 1.82) is 0 Å². The molecule has 2 fully saturated rings. The first-order valence-electron chi connectivity index (χ1n) is 8.68. The summed E-state index contributed by atoms with van der Waals surface area (Å²) >= 11 is 0. The van der Waals surface area contributed by atoms with Crippen LogP contribution in [-0.2, 0) is 14.3 Å². The summed E-state index contributed by atoms with van der Waals surface area (Å²) < 4.78 is 5.09. The summed E-state index contributed by atoms with van der Waals surface area (Å²) in [6.45, 7) is 4.44. The molecule has 24 heavy (non-hydrogen) atoms. The zero-order chi connectivity index (χ0) is 17.3. The summed E-state index contributed by atoms with van der Waals surface area (Å²) in [6.07, 6.45) is 3.33. The number of hydrogen-bond acceptors (Lipinski definition) is 4. The third-order valence-electron chi connectivity index (χ3n) is 4.99. The van der Waals surface area contributed by atoms with Crippen LogP contribution in [0.4, 0.5) is 5.69 Å². The number of carbonyl (C=O) groups excluding carboxylic acids is 3. The molecule has 1 aliphatic carbocycles. The van der Waals surface area contributed by atoms with Crippen LogP contribution < -0.4 is 4.90 Å². The molecule has 1 aliphatic heterocycles. The van der Waals surface area contributed by atoms with Crippen LogP contribution in [0.2, 0.25) is 0 Å². The SMILES string of the molecule is CCCOC(=O)c1ccc(N2C(=O)C3CCC(C)CC3C2=O)cc1. The van der Waals surface area contributed by atoms with Gasteiger partial charge in [0.2, 0.25) is 11.8 Å². The highest BCUT2D eigenvalue weighted by atomic mass is 16.5. The second-order valence-electron chi connectivity index (χ2n) is 6.83. The Labute approximate surface area is 142 Å². The van der Waals surface area contributed by atoms with E-state index in [1.54, 1.807) is 24.3 Å². The molecule has 0 radical (unpaired) electrons. The standard InChI is InChI=1S/C19H23NO4/c1-3-10-24-19(23)13-5-7-14(8-6-13)20-17(21)15-9-4-12(2)11-16(15)18(20)22/h5-8,12,15-16H,3-4,9-11H2,1-2H3. The lowest BCUT2D eigenvalue weighted by Crippen LogP contribution is -2.30. The lowest BCUT2D eigenvalue weighted by molar-refractivity contribution is -0.122. The van der Waals surface area contributed by atoms with Gasteiger partial charge >= 0.3 is 5.97 Å². The number of amides is 2. The van der Waals surface area contributed by atoms with Gasteiger partial charge in [0.05, 0.1) is 29.7 Å². The van der Waals surface area contributed by atoms with Gasteiger partial charge in [0.15, 0.2) is 0 Å². The molecule has 1 saturated heterocycles. The van der Waals surface area contributed by atoms with Gasteiger partial charge < -0.3 is 4.74 Å². The van der Waals surface area contributed by atoms with Gasteiger partial charge in [-0.05, 0) is 55.9 Å². The van der Waals surface area contributed by atoms with Gasteiger partial charge in [-0.2, -0.15) is 0 Å². The predicted octanol–water partition coefficient (Wildman–Crippen LogP) is 3.18. The number of imide groups is 1. The first kappa shape index (κ1) is 16.7. The molecule has 0 aromatic heterocycles. The van der Waals surface area contributed by atoms with E-state index in [0.29, 0.717) is 23.8 Å². The maximum Gasteiger partial charge on any atom is 0.338 e. The molecule has 1 aromatic carbocycles. The number of anilines is 1. The highest BCUT2D eigenvalue weighted by Crippen LogP contribution is 2.42. The van der Waals surface area contributed by atoms with Crippen LogP contribution in [0.15, 0.2) is 24.3 Å². The van der Waals surface area contributed by atoms with E-state index in [1.807, 2.05) is 6.92 Å². The summed E-state index contributed by atoms with van der Waals surface area (Å²) in [6, 6.07) is 6.52. The van der Waals surface area contributed by atoms with Crippen LogP contribution in [-0.4, -0.2) is 24.4 Å². The molecular formula is C19H23NO4. The van der Waals surface area contributed by atoms with Crippen molar-refractivity contribution in [3.63, 3.8) is 0 Å². The average Bonchev–Trinajstić information content (AvgIpc) is 2.83. The third-order valence-corrected chi connectivity index (χ3v) is 4.99. The summed E-state index contributed by atoms with van der Waals surface area (Å²) in [5.74, 6) is -0.460. The van der Waals surface area contributed by atoms with Crippen molar-refractivity contribution in [1.82, 2.24) is 0 Å². The molecule has 0 N–H and O–H groups in total. The number of ether oxygens (including phenoxy) is 1. The number of benzene rings is 1. The third kappa shape index (κ3) is 2.95. The zero-order valence-electron chi connectivity index (χ0n) is 14.2. The Hall–Kier alpha value is -2.17. The van der Waals surface area contributed by atoms with Crippen molar-refractivity contribution in [2.24, 2.45) is 17.8 Å². The van der Waals surface area contributed by atoms with Crippen LogP contribution in [0.3, 0.4) is 0 Å². The zero-order valence-corrected chi connectivity index (χ0v) is 14.2. The molecule has 5 nitrogen and oxygen atoms in total. The highest BCUT2D eigenvalue weighted by molar-refractivity contribution is 6.22. The van der Waals surface area contributed by atoms with Crippen molar-refractivity contribution >= 4 is 23.5 Å². The van der Waals surface area contributed by atoms with Gasteiger partial charge in [-0.3, -0.25) is 14.5 Å². The number of rotatable bonds is 4. The van der Waals surface area contributed by atoms with Crippen LogP contribution in [0, 0.1) is 17.8 Å². The van der Waals surface area contributed by atoms with Gasteiger partial charge in [0, 0.05) is 0 Å². The van der Waals surface area contributed by atoms with Crippen LogP contribution in [0.5, 0.6) is 0 Å². The molecule has 1 aromatic rings. The summed E-state index contributed by atoms with van der Waals surface area (Å²) in [7, 11) is 0. The van der Waals surface area contributed by atoms with E-state index >= 15 is 0 Å². The molecule has 128 valence electrons. The molecule has 3 unspecified atom stereocenters. The fourth-order valence-electron chi connectivity index (χ4n) is 3.67. The average molecular weight is 329 g/mol. The number of fused-ring (bicyclic) bond motifs is 1. The van der Waals surface area contributed by atoms with Crippen molar-refractivity contribution < 1.29 is 19.1 Å². The second-order valence-corrected chi connectivity index (χ2v) is 6.83. The highest BCUT2D eigenvalue weighted by Gasteiger charge is 2.49. The van der Waals surface area contributed by atoms with E-state index in [-0.39, 0.29) is 29.6 Å². The van der Waals surface area contributed by atoms with Crippen molar-refractivity contribution in [3.05, 3.63) is 29.8 Å². The molecular weight excluding hydrogens is 306 g/mol. The molecule has 2 aliphatic rings. The lowest BCUT2D eigenvalue weighted by Gasteiger charge is -2.25. The van der Waals surface area contributed by atoms with E-state index in [2.05, 4.69) is 6.92 Å². The molecule has 0 spiro atoms. The van der Waals surface area contributed by atoms with E-state index < -0.39 is 0 Å². The molecule has 1 saturated carbocycles. The topological polar surface area (TPSA) is 63.7 Å². The van der Waals surface area contributed by atoms with Gasteiger partial charge in [0.1, 0.15) is 0 Å². The Bertz CT molecular complexity index is 652. The minimum atomic E-state index is -0.384. The van der Waals surface area contributed by atoms with Crippen LogP contribution in [0.1, 0.15) is 49.9 Å². The quantitative estimate of drug-likeness (QED) is 0.629. The van der Waals surface area contributed by atoms with Crippen molar-refractivity contribution in [3.8, 4) is 0 Å². The van der Waals surface area contributed by atoms with Gasteiger partial charge in [-0.25, -0.2) is 4.79 Å². The molecule has 0 bridgehead atoms. The van der Waals surface area contributed by atoms with E-state index in [4.69, 9.17) is 4.74 Å². The van der Waals surface area contributed by atoms with E-state index in [0.717, 1.165) is 25.7 Å². The molecule has 2 amide bonds. The molecule has 1 heterocycles. The molecule has 3 rings (SSSR count). The van der Waals surface area contributed by atoms with E-state index in [9.17, 15) is 14.4 Å². The summed E-state index contributed by atoms with van der Waals surface area (Å²) in [4.78, 5) is 38.4. The summed E-state index contributed by atoms with van der Waals surface area (Å²) in [5.41, 5.74) is 0.969. The van der Waals surface area contributed by atoms with E-state index in [1.165, 1.54) is 4.90 Å². The number of hydrogen-bond donors (Lipinski definition) is 0.